The summed E-state index contributed by atoms with van der Waals surface area (Å²) in [5.74, 6) is 0.129. The molecule has 0 radical (unpaired) electrons. The van der Waals surface area contributed by atoms with Gasteiger partial charge < -0.3 is 19.0 Å². The lowest BCUT2D eigenvalue weighted by Gasteiger charge is -2.11. The summed E-state index contributed by atoms with van der Waals surface area (Å²) >= 11 is 12.6. The number of fused-ring (bicyclic) bond motifs is 1. The molecule has 3 aromatic carbocycles. The molecule has 5 aromatic rings. The number of aliphatic hydroxyl groups excluding tert-OH is 1. The zero-order chi connectivity index (χ0) is 27.7. The van der Waals surface area contributed by atoms with Gasteiger partial charge in [-0.2, -0.15) is 0 Å². The highest BCUT2D eigenvalue weighted by atomic mass is 35.5. The Hall–Kier alpha value is -3.87. The second kappa shape index (κ2) is 10.7. The highest BCUT2D eigenvalue weighted by Crippen LogP contribution is 2.29. The molecule has 202 valence electrons. The number of ether oxygens (including phenoxy) is 1. The van der Waals surface area contributed by atoms with Gasteiger partial charge in [-0.15, -0.1) is 18.3 Å². The van der Waals surface area contributed by atoms with Crippen molar-refractivity contribution in [1.29, 1.82) is 0 Å². The highest BCUT2D eigenvalue weighted by molar-refractivity contribution is 6.42. The lowest BCUT2D eigenvalue weighted by Crippen LogP contribution is -2.24. The van der Waals surface area contributed by atoms with Crippen LogP contribution in [0.1, 0.15) is 23.1 Å². The summed E-state index contributed by atoms with van der Waals surface area (Å²) in [6.07, 6.45) is -5.34. The van der Waals surface area contributed by atoms with E-state index in [0.717, 1.165) is 16.6 Å². The number of halogens is 5. The molecule has 9 nitrogen and oxygen atoms in total. The number of aryl methyl sites for hydroxylation is 1. The first kappa shape index (κ1) is 26.7. The number of imidazole rings is 1. The van der Waals surface area contributed by atoms with Crippen LogP contribution in [0.5, 0.6) is 5.75 Å². The smallest absolute Gasteiger partial charge is 0.406 e. The molecule has 14 heteroatoms. The third kappa shape index (κ3) is 6.08. The summed E-state index contributed by atoms with van der Waals surface area (Å²) in [5, 5.41) is 24.7. The van der Waals surface area contributed by atoms with Gasteiger partial charge in [0.25, 0.3) is 0 Å². The number of aromatic amines is 1. The monoisotopic (exact) mass is 577 g/mol. The zero-order valence-corrected chi connectivity index (χ0v) is 21.7. The molecule has 1 atom stereocenters. The number of aromatic nitrogens is 6. The SMILES string of the molecule is Cn1/c(=N/c2ccc(OC(F)(F)F)cc2)n(Cc2ccc(C(O)Cc3nnn[nH]3)cc2)c2cc(Cl)c(Cl)cc21. The van der Waals surface area contributed by atoms with Crippen molar-refractivity contribution >= 4 is 39.9 Å². The fraction of sp³-hybridized carbons (Fsp3) is 0.200. The fourth-order valence-corrected chi connectivity index (χ4v) is 4.45. The molecular weight excluding hydrogens is 558 g/mol. The number of aliphatic hydroxyl groups is 1. The second-order valence-corrected chi connectivity index (χ2v) is 9.48. The van der Waals surface area contributed by atoms with Gasteiger partial charge in [0.15, 0.2) is 5.82 Å². The normalized spacial score (nSPS) is 13.3. The van der Waals surface area contributed by atoms with Crippen molar-refractivity contribution in [3.63, 3.8) is 0 Å². The Kier molecular flexibility index (Phi) is 7.34. The average Bonchev–Trinajstić information content (AvgIpc) is 3.48. The molecule has 2 N–H and O–H groups in total. The van der Waals surface area contributed by atoms with E-state index in [9.17, 15) is 18.3 Å². The molecule has 0 aliphatic rings. The van der Waals surface area contributed by atoms with E-state index < -0.39 is 12.5 Å². The minimum Gasteiger partial charge on any atom is -0.406 e. The van der Waals surface area contributed by atoms with Gasteiger partial charge in [0.2, 0.25) is 5.62 Å². The maximum absolute atomic E-state index is 12.5. The van der Waals surface area contributed by atoms with E-state index >= 15 is 0 Å². The molecule has 0 saturated heterocycles. The van der Waals surface area contributed by atoms with Crippen molar-refractivity contribution in [3.05, 3.63) is 93.3 Å². The third-order valence-corrected chi connectivity index (χ3v) is 6.71. The molecule has 0 bridgehead atoms. The van der Waals surface area contributed by atoms with Crippen molar-refractivity contribution in [2.45, 2.75) is 25.4 Å². The van der Waals surface area contributed by atoms with Crippen LogP contribution in [0.2, 0.25) is 10.0 Å². The van der Waals surface area contributed by atoms with E-state index in [0.29, 0.717) is 39.3 Å². The largest absolute Gasteiger partial charge is 0.573 e. The van der Waals surface area contributed by atoms with Crippen LogP contribution in [-0.2, 0) is 20.0 Å². The summed E-state index contributed by atoms with van der Waals surface area (Å²) in [6, 6.07) is 16.1. The van der Waals surface area contributed by atoms with E-state index in [2.05, 4.69) is 25.4 Å². The topological polar surface area (TPSA) is 106 Å². The van der Waals surface area contributed by atoms with Gasteiger partial charge in [0.1, 0.15) is 5.75 Å². The zero-order valence-electron chi connectivity index (χ0n) is 20.2. The lowest BCUT2D eigenvalue weighted by molar-refractivity contribution is -0.274. The molecule has 0 aliphatic carbocycles. The molecule has 2 heterocycles. The number of alkyl halides is 3. The highest BCUT2D eigenvalue weighted by Gasteiger charge is 2.31. The fourth-order valence-electron chi connectivity index (χ4n) is 4.13. The Morgan fingerprint density at radius 3 is 2.31 bits per heavy atom. The number of rotatable bonds is 7. The van der Waals surface area contributed by atoms with Crippen molar-refractivity contribution in [1.82, 2.24) is 29.8 Å². The van der Waals surface area contributed by atoms with E-state index in [1.165, 1.54) is 24.3 Å². The summed E-state index contributed by atoms with van der Waals surface area (Å²) in [7, 11) is 1.81. The third-order valence-electron chi connectivity index (χ3n) is 5.99. The Labute approximate surface area is 229 Å². The van der Waals surface area contributed by atoms with Gasteiger partial charge in [0.05, 0.1) is 39.4 Å². The van der Waals surface area contributed by atoms with Crippen LogP contribution in [0.25, 0.3) is 11.0 Å². The van der Waals surface area contributed by atoms with Crippen LogP contribution >= 0.6 is 23.2 Å². The van der Waals surface area contributed by atoms with E-state index in [1.807, 2.05) is 33.4 Å². The Balaban J connectivity index is 1.51. The van der Waals surface area contributed by atoms with Crippen LogP contribution in [0, 0.1) is 0 Å². The Bertz CT molecular complexity index is 1660. The minimum atomic E-state index is -4.78. The standard InChI is InChI=1S/C25H20Cl2F3N7O2/c1-36-20-10-18(26)19(27)11-21(20)37(24(36)31-16-6-8-17(9-7-16)39-25(28,29)30)13-14-2-4-15(5-3-14)22(38)12-23-32-34-35-33-23/h2-11,22,38H,12-13H2,1H3,(H,32,33,34,35)/b31-24-. The molecule has 39 heavy (non-hydrogen) atoms. The van der Waals surface area contributed by atoms with Crippen molar-refractivity contribution in [3.8, 4) is 5.75 Å². The van der Waals surface area contributed by atoms with Gasteiger partial charge in [-0.3, -0.25) is 0 Å². The van der Waals surface area contributed by atoms with Crippen LogP contribution < -0.4 is 10.4 Å². The van der Waals surface area contributed by atoms with E-state index in [4.69, 9.17) is 28.2 Å². The molecule has 0 amide bonds. The van der Waals surface area contributed by atoms with Gasteiger partial charge >= 0.3 is 6.36 Å². The maximum Gasteiger partial charge on any atom is 0.573 e. The number of nitrogens with one attached hydrogen (secondary N) is 1. The molecule has 0 spiro atoms. The molecule has 0 aliphatic heterocycles. The minimum absolute atomic E-state index is 0.236. The summed E-state index contributed by atoms with van der Waals surface area (Å²) in [5.41, 5.74) is 4.04. The molecule has 0 fully saturated rings. The summed E-state index contributed by atoms with van der Waals surface area (Å²) in [6.45, 7) is 0.381. The van der Waals surface area contributed by atoms with Gasteiger partial charge in [-0.05, 0) is 58.0 Å². The first-order valence-corrected chi connectivity index (χ1v) is 12.3. The number of benzene rings is 3. The van der Waals surface area contributed by atoms with Crippen molar-refractivity contribution in [2.75, 3.05) is 0 Å². The Morgan fingerprint density at radius 1 is 1.03 bits per heavy atom. The van der Waals surface area contributed by atoms with Gasteiger partial charge in [-0.25, -0.2) is 10.1 Å². The summed E-state index contributed by atoms with van der Waals surface area (Å²) in [4.78, 5) is 4.70. The maximum atomic E-state index is 12.5. The van der Waals surface area contributed by atoms with Crippen LogP contribution in [0.4, 0.5) is 18.9 Å². The van der Waals surface area contributed by atoms with Gasteiger partial charge in [0, 0.05) is 13.5 Å². The van der Waals surface area contributed by atoms with Crippen LogP contribution in [0.15, 0.2) is 65.7 Å². The van der Waals surface area contributed by atoms with Crippen LogP contribution in [0.3, 0.4) is 0 Å². The average molecular weight is 578 g/mol. The van der Waals surface area contributed by atoms with Crippen LogP contribution in [-0.4, -0.2) is 41.2 Å². The van der Waals surface area contributed by atoms with Crippen molar-refractivity contribution in [2.24, 2.45) is 12.0 Å². The first-order valence-electron chi connectivity index (χ1n) is 11.5. The van der Waals surface area contributed by atoms with Gasteiger partial charge in [-0.1, -0.05) is 47.5 Å². The first-order chi connectivity index (χ1) is 18.6. The van der Waals surface area contributed by atoms with E-state index in [1.54, 1.807) is 19.2 Å². The predicted octanol–water partition coefficient (Wildman–Crippen LogP) is 5.26. The summed E-state index contributed by atoms with van der Waals surface area (Å²) < 4.78 is 45.3. The quantitative estimate of drug-likeness (QED) is 0.274. The second-order valence-electron chi connectivity index (χ2n) is 8.66. The number of tetrazole rings is 1. The van der Waals surface area contributed by atoms with Crippen molar-refractivity contribution < 1.29 is 23.0 Å². The van der Waals surface area contributed by atoms with E-state index in [-0.39, 0.29) is 12.2 Å². The predicted molar refractivity (Wildman–Crippen MR) is 138 cm³/mol. The number of hydrogen-bond acceptors (Lipinski definition) is 6. The molecule has 0 saturated carbocycles. The lowest BCUT2D eigenvalue weighted by atomic mass is 10.0. The molecule has 1 unspecified atom stereocenters. The Morgan fingerprint density at radius 2 is 1.69 bits per heavy atom. The number of hydrogen-bond donors (Lipinski definition) is 2. The molecule has 2 aromatic heterocycles. The molecule has 5 rings (SSSR count). The molecular formula is C25H20Cl2F3N7O2. The number of nitrogens with zero attached hydrogens (tertiary/aromatic N) is 6. The number of H-pyrrole nitrogens is 1.